The Hall–Kier alpha value is -1.59. The minimum Gasteiger partial charge on any atom is -0.458 e. The summed E-state index contributed by atoms with van der Waals surface area (Å²) in [6.07, 6.45) is 0.936. The van der Waals surface area contributed by atoms with Crippen LogP contribution in [0.2, 0.25) is 10.0 Å². The number of nitrogens with zero attached hydrogens (tertiary/aromatic N) is 2. The summed E-state index contributed by atoms with van der Waals surface area (Å²) >= 11 is 11.9. The third-order valence-corrected chi connectivity index (χ3v) is 2.86. The number of anilines is 1. The standard InChI is InChI=1S/C11H8Cl2FN3O/c12-7-2-1-3-8(13)6(7)5-18-11-16-4-9(14)10(15)17-11/h1-4H,5H2,(H2,15,16,17). The first-order chi connectivity index (χ1) is 8.58. The molecule has 0 saturated carbocycles. The van der Waals surface area contributed by atoms with Gasteiger partial charge in [-0.1, -0.05) is 29.3 Å². The maximum absolute atomic E-state index is 12.8. The van der Waals surface area contributed by atoms with Crippen molar-refractivity contribution in [3.8, 4) is 6.01 Å². The Balaban J connectivity index is 2.14. The first kappa shape index (κ1) is 12.9. The molecule has 0 fully saturated rings. The minimum absolute atomic E-state index is 0.0371. The third kappa shape index (κ3) is 2.80. The van der Waals surface area contributed by atoms with Gasteiger partial charge < -0.3 is 10.5 Å². The van der Waals surface area contributed by atoms with Crippen molar-refractivity contribution >= 4 is 29.0 Å². The molecule has 7 heteroatoms. The van der Waals surface area contributed by atoms with E-state index >= 15 is 0 Å². The average Bonchev–Trinajstić information content (AvgIpc) is 2.33. The van der Waals surface area contributed by atoms with Crippen molar-refractivity contribution < 1.29 is 9.13 Å². The number of hydrogen-bond acceptors (Lipinski definition) is 4. The zero-order valence-corrected chi connectivity index (χ0v) is 10.5. The molecule has 0 spiro atoms. The van der Waals surface area contributed by atoms with Crippen molar-refractivity contribution in [1.29, 1.82) is 0 Å². The van der Waals surface area contributed by atoms with Crippen LogP contribution in [0.15, 0.2) is 24.4 Å². The van der Waals surface area contributed by atoms with Crippen molar-refractivity contribution in [2.45, 2.75) is 6.61 Å². The van der Waals surface area contributed by atoms with Gasteiger partial charge in [-0.05, 0) is 12.1 Å². The van der Waals surface area contributed by atoms with E-state index in [1.54, 1.807) is 18.2 Å². The summed E-state index contributed by atoms with van der Waals surface area (Å²) in [5.74, 6) is -0.969. The highest BCUT2D eigenvalue weighted by Gasteiger charge is 2.08. The molecule has 0 atom stereocenters. The lowest BCUT2D eigenvalue weighted by Gasteiger charge is -2.08. The summed E-state index contributed by atoms with van der Waals surface area (Å²) < 4.78 is 18.1. The highest BCUT2D eigenvalue weighted by Crippen LogP contribution is 2.25. The van der Waals surface area contributed by atoms with Crippen LogP contribution in [0.1, 0.15) is 5.56 Å². The Morgan fingerprint density at radius 3 is 2.56 bits per heavy atom. The molecular formula is C11H8Cl2FN3O. The smallest absolute Gasteiger partial charge is 0.318 e. The zero-order chi connectivity index (χ0) is 13.1. The van der Waals surface area contributed by atoms with E-state index in [1.807, 2.05) is 0 Å². The fraction of sp³-hybridized carbons (Fsp3) is 0.0909. The van der Waals surface area contributed by atoms with Gasteiger partial charge in [-0.3, -0.25) is 0 Å². The van der Waals surface area contributed by atoms with Gasteiger partial charge in [-0.25, -0.2) is 9.37 Å². The number of ether oxygens (including phenoxy) is 1. The number of hydrogen-bond donors (Lipinski definition) is 1. The van der Waals surface area contributed by atoms with E-state index in [-0.39, 0.29) is 18.4 Å². The van der Waals surface area contributed by atoms with Crippen LogP contribution < -0.4 is 10.5 Å². The number of nitrogens with two attached hydrogens (primary N) is 1. The molecule has 0 aliphatic carbocycles. The van der Waals surface area contributed by atoms with Crippen LogP contribution in [0.4, 0.5) is 10.2 Å². The van der Waals surface area contributed by atoms with E-state index < -0.39 is 5.82 Å². The van der Waals surface area contributed by atoms with Gasteiger partial charge in [0.1, 0.15) is 6.61 Å². The molecular weight excluding hydrogens is 280 g/mol. The Labute approximate surface area is 113 Å². The fourth-order valence-corrected chi connectivity index (χ4v) is 1.75. The number of benzene rings is 1. The van der Waals surface area contributed by atoms with Crippen molar-refractivity contribution in [3.63, 3.8) is 0 Å². The second kappa shape index (κ2) is 5.37. The molecule has 0 aliphatic heterocycles. The lowest BCUT2D eigenvalue weighted by Crippen LogP contribution is -2.04. The lowest BCUT2D eigenvalue weighted by molar-refractivity contribution is 0.280. The normalized spacial score (nSPS) is 10.4. The van der Waals surface area contributed by atoms with Crippen molar-refractivity contribution in [2.75, 3.05) is 5.73 Å². The molecule has 0 unspecified atom stereocenters. The van der Waals surface area contributed by atoms with E-state index in [0.717, 1.165) is 6.20 Å². The van der Waals surface area contributed by atoms with Gasteiger partial charge in [0, 0.05) is 15.6 Å². The van der Waals surface area contributed by atoms with E-state index in [0.29, 0.717) is 15.6 Å². The van der Waals surface area contributed by atoms with Crippen LogP contribution in [0.3, 0.4) is 0 Å². The van der Waals surface area contributed by atoms with Crippen molar-refractivity contribution in [2.24, 2.45) is 0 Å². The number of halogens is 3. The Morgan fingerprint density at radius 1 is 1.28 bits per heavy atom. The van der Waals surface area contributed by atoms with E-state index in [4.69, 9.17) is 33.7 Å². The molecule has 0 radical (unpaired) electrons. The van der Waals surface area contributed by atoms with Gasteiger partial charge >= 0.3 is 6.01 Å². The SMILES string of the molecule is Nc1nc(OCc2c(Cl)cccc2Cl)ncc1F. The first-order valence-electron chi connectivity index (χ1n) is 4.91. The van der Waals surface area contributed by atoms with Gasteiger partial charge in [0.05, 0.1) is 6.20 Å². The van der Waals surface area contributed by atoms with Crippen LogP contribution in [0, 0.1) is 5.82 Å². The third-order valence-electron chi connectivity index (χ3n) is 2.16. The molecule has 1 aromatic carbocycles. The van der Waals surface area contributed by atoms with Crippen LogP contribution in [-0.4, -0.2) is 9.97 Å². The molecule has 4 nitrogen and oxygen atoms in total. The first-order valence-corrected chi connectivity index (χ1v) is 5.67. The summed E-state index contributed by atoms with van der Waals surface area (Å²) in [4.78, 5) is 7.27. The second-order valence-electron chi connectivity index (χ2n) is 3.37. The van der Waals surface area contributed by atoms with Crippen LogP contribution in [0.25, 0.3) is 0 Å². The molecule has 2 aromatic rings. The van der Waals surface area contributed by atoms with Crippen LogP contribution >= 0.6 is 23.2 Å². The molecule has 0 saturated heterocycles. The summed E-state index contributed by atoms with van der Waals surface area (Å²) in [6, 6.07) is 5.06. The molecule has 2 rings (SSSR count). The summed E-state index contributed by atoms with van der Waals surface area (Å²) in [7, 11) is 0. The predicted octanol–water partition coefficient (Wildman–Crippen LogP) is 3.08. The summed E-state index contributed by atoms with van der Waals surface area (Å²) in [6.45, 7) is 0.0730. The Bertz CT molecular complexity index is 560. The largest absolute Gasteiger partial charge is 0.458 e. The van der Waals surface area contributed by atoms with Crippen molar-refractivity contribution in [3.05, 3.63) is 45.8 Å². The van der Waals surface area contributed by atoms with Gasteiger partial charge in [0.25, 0.3) is 0 Å². The quantitative estimate of drug-likeness (QED) is 0.942. The molecule has 0 aliphatic rings. The molecule has 2 N–H and O–H groups in total. The summed E-state index contributed by atoms with van der Waals surface area (Å²) in [5, 5.41) is 0.940. The highest BCUT2D eigenvalue weighted by molar-refractivity contribution is 6.35. The molecule has 0 bridgehead atoms. The molecule has 94 valence electrons. The van der Waals surface area contributed by atoms with Crippen LogP contribution in [-0.2, 0) is 6.61 Å². The number of aromatic nitrogens is 2. The Kier molecular flexibility index (Phi) is 3.84. The van der Waals surface area contributed by atoms with Gasteiger partial charge in [-0.2, -0.15) is 4.98 Å². The number of nitrogen functional groups attached to an aromatic ring is 1. The maximum Gasteiger partial charge on any atom is 0.318 e. The lowest BCUT2D eigenvalue weighted by atomic mass is 10.2. The highest BCUT2D eigenvalue weighted by atomic mass is 35.5. The van der Waals surface area contributed by atoms with E-state index in [2.05, 4.69) is 9.97 Å². The number of rotatable bonds is 3. The molecule has 1 aromatic heterocycles. The van der Waals surface area contributed by atoms with Gasteiger partial charge in [0.2, 0.25) is 0 Å². The van der Waals surface area contributed by atoms with Gasteiger partial charge in [0.15, 0.2) is 11.6 Å². The van der Waals surface area contributed by atoms with Crippen LogP contribution in [0.5, 0.6) is 6.01 Å². The Morgan fingerprint density at radius 2 is 1.94 bits per heavy atom. The zero-order valence-electron chi connectivity index (χ0n) is 9.03. The second-order valence-corrected chi connectivity index (χ2v) is 4.19. The monoisotopic (exact) mass is 287 g/mol. The average molecular weight is 288 g/mol. The van der Waals surface area contributed by atoms with Gasteiger partial charge in [-0.15, -0.1) is 0 Å². The fourth-order valence-electron chi connectivity index (χ4n) is 1.24. The topological polar surface area (TPSA) is 61.0 Å². The predicted molar refractivity (Wildman–Crippen MR) is 67.2 cm³/mol. The maximum atomic E-state index is 12.8. The van der Waals surface area contributed by atoms with E-state index in [1.165, 1.54) is 0 Å². The molecule has 0 amide bonds. The van der Waals surface area contributed by atoms with E-state index in [9.17, 15) is 4.39 Å². The molecule has 18 heavy (non-hydrogen) atoms. The minimum atomic E-state index is -0.696. The summed E-state index contributed by atoms with van der Waals surface area (Å²) in [5.41, 5.74) is 5.90. The van der Waals surface area contributed by atoms with Crippen molar-refractivity contribution in [1.82, 2.24) is 9.97 Å². The molecule has 1 heterocycles.